The van der Waals surface area contributed by atoms with Gasteiger partial charge in [-0.2, -0.15) is 5.26 Å². The molecule has 1 aromatic carbocycles. The topological polar surface area (TPSA) is 59.7 Å². The van der Waals surface area contributed by atoms with Gasteiger partial charge in [0.15, 0.2) is 0 Å². The molecule has 2 heterocycles. The molecule has 1 aromatic rings. The van der Waals surface area contributed by atoms with E-state index in [1.165, 1.54) is 4.90 Å². The summed E-state index contributed by atoms with van der Waals surface area (Å²) in [4.78, 5) is 20.3. The molecule has 0 radical (unpaired) electrons. The lowest BCUT2D eigenvalue weighted by Crippen LogP contribution is -2.41. The fourth-order valence-corrected chi connectivity index (χ4v) is 4.25. The summed E-state index contributed by atoms with van der Waals surface area (Å²) >= 11 is 12.0. The van der Waals surface area contributed by atoms with Crippen LogP contribution in [0.2, 0.25) is 10.0 Å². The molecule has 2 bridgehead atoms. The van der Waals surface area contributed by atoms with Gasteiger partial charge in [0.05, 0.1) is 15.7 Å². The van der Waals surface area contributed by atoms with Crippen molar-refractivity contribution in [1.82, 2.24) is 4.90 Å². The quantitative estimate of drug-likeness (QED) is 0.741. The molecule has 2 aliphatic heterocycles. The number of hydrogen-bond acceptors (Lipinski definition) is 3. The van der Waals surface area contributed by atoms with E-state index in [-0.39, 0.29) is 11.9 Å². The largest absolute Gasteiger partial charge is 0.326 e. The zero-order valence-corrected chi connectivity index (χ0v) is 13.1. The molecule has 3 atom stereocenters. The zero-order valence-electron chi connectivity index (χ0n) is 11.5. The highest BCUT2D eigenvalue weighted by molar-refractivity contribution is 6.42. The van der Waals surface area contributed by atoms with Crippen LogP contribution in [0, 0.1) is 17.4 Å². The molecule has 5 nitrogen and oxygen atoms in total. The lowest BCUT2D eigenvalue weighted by Gasteiger charge is -2.28. The smallest absolute Gasteiger partial charge is 0.257 e. The van der Waals surface area contributed by atoms with Crippen molar-refractivity contribution < 1.29 is 4.79 Å². The van der Waals surface area contributed by atoms with Crippen LogP contribution in [0.3, 0.4) is 0 Å². The van der Waals surface area contributed by atoms with Crippen molar-refractivity contribution in [1.29, 1.82) is 5.26 Å². The van der Waals surface area contributed by atoms with E-state index in [1.54, 1.807) is 18.2 Å². The van der Waals surface area contributed by atoms with E-state index in [4.69, 9.17) is 28.5 Å². The van der Waals surface area contributed by atoms with E-state index >= 15 is 0 Å². The summed E-state index contributed by atoms with van der Waals surface area (Å²) in [7, 11) is 0. The number of aliphatic imine (C=N–C) groups is 1. The zero-order chi connectivity index (χ0) is 15.4. The van der Waals surface area contributed by atoms with E-state index in [1.807, 2.05) is 11.1 Å². The summed E-state index contributed by atoms with van der Waals surface area (Å²) in [5, 5.41) is 9.82. The number of piperidine rings is 1. The van der Waals surface area contributed by atoms with Crippen molar-refractivity contribution in [2.75, 3.05) is 4.90 Å². The monoisotopic (exact) mass is 334 g/mol. The first-order valence-electron chi connectivity index (χ1n) is 7.16. The van der Waals surface area contributed by atoms with Crippen LogP contribution in [-0.2, 0) is 4.79 Å². The highest BCUT2D eigenvalue weighted by Gasteiger charge is 2.58. The molecule has 2 unspecified atom stereocenters. The van der Waals surface area contributed by atoms with Crippen molar-refractivity contribution in [2.45, 2.75) is 31.3 Å². The number of nitrogens with zero attached hydrogens (tertiary/aromatic N) is 4. The number of carbonyl (C=O) groups excluding carboxylic acids is 1. The van der Waals surface area contributed by atoms with Crippen LogP contribution in [0.15, 0.2) is 23.2 Å². The number of guanidine groups is 1. The van der Waals surface area contributed by atoms with Crippen LogP contribution in [0.4, 0.5) is 5.69 Å². The Kier molecular flexibility index (Phi) is 3.07. The van der Waals surface area contributed by atoms with Gasteiger partial charge in [-0.15, -0.1) is 4.99 Å². The summed E-state index contributed by atoms with van der Waals surface area (Å²) in [6.07, 6.45) is 4.94. The lowest BCUT2D eigenvalue weighted by atomic mass is 9.99. The molecule has 112 valence electrons. The van der Waals surface area contributed by atoms with Gasteiger partial charge in [-0.25, -0.2) is 4.90 Å². The summed E-state index contributed by atoms with van der Waals surface area (Å²) in [5.41, 5.74) is 0.599. The van der Waals surface area contributed by atoms with Gasteiger partial charge in [0.2, 0.25) is 12.2 Å². The van der Waals surface area contributed by atoms with Gasteiger partial charge in [-0.3, -0.25) is 4.79 Å². The average molecular weight is 335 g/mol. The summed E-state index contributed by atoms with van der Waals surface area (Å²) < 4.78 is 0. The molecule has 3 fully saturated rings. The Labute approximate surface area is 137 Å². The van der Waals surface area contributed by atoms with Gasteiger partial charge < -0.3 is 4.90 Å². The molecule has 2 saturated heterocycles. The van der Waals surface area contributed by atoms with Crippen LogP contribution >= 0.6 is 23.2 Å². The highest BCUT2D eigenvalue weighted by atomic mass is 35.5. The minimum absolute atomic E-state index is 0.0282. The molecular formula is C15H12Cl2N4O. The van der Waals surface area contributed by atoms with Crippen LogP contribution in [0.5, 0.6) is 0 Å². The Bertz CT molecular complexity index is 742. The van der Waals surface area contributed by atoms with Gasteiger partial charge in [0.1, 0.15) is 6.04 Å². The third-order valence-electron chi connectivity index (χ3n) is 4.80. The summed E-state index contributed by atoms with van der Waals surface area (Å²) in [5.74, 6) is 0.747. The minimum atomic E-state index is -0.194. The number of amides is 1. The lowest BCUT2D eigenvalue weighted by molar-refractivity contribution is -0.120. The molecule has 7 heteroatoms. The van der Waals surface area contributed by atoms with Crippen LogP contribution in [-0.4, -0.2) is 28.9 Å². The number of anilines is 1. The van der Waals surface area contributed by atoms with Crippen molar-refractivity contribution in [3.8, 4) is 6.19 Å². The van der Waals surface area contributed by atoms with Crippen molar-refractivity contribution in [3.63, 3.8) is 0 Å². The normalized spacial score (nSPS) is 31.0. The molecule has 0 aromatic heterocycles. The maximum atomic E-state index is 12.9. The first kappa shape index (κ1) is 13.9. The molecule has 0 spiro atoms. The Balaban J connectivity index is 1.81. The third kappa shape index (κ3) is 1.77. The molecule has 1 amide bonds. The first-order chi connectivity index (χ1) is 10.6. The number of halogens is 2. The molecule has 22 heavy (non-hydrogen) atoms. The van der Waals surface area contributed by atoms with Gasteiger partial charge in [-0.1, -0.05) is 23.2 Å². The predicted molar refractivity (Wildman–Crippen MR) is 83.8 cm³/mol. The molecular weight excluding hydrogens is 323 g/mol. The Morgan fingerprint density at radius 1 is 1.27 bits per heavy atom. The van der Waals surface area contributed by atoms with Crippen LogP contribution in [0.1, 0.15) is 19.3 Å². The maximum absolute atomic E-state index is 12.9. The summed E-state index contributed by atoms with van der Waals surface area (Å²) in [6.45, 7) is 0. The number of rotatable bonds is 1. The fraction of sp³-hybridized carbons (Fsp3) is 0.400. The van der Waals surface area contributed by atoms with E-state index in [2.05, 4.69) is 4.99 Å². The number of nitriles is 1. The second kappa shape index (κ2) is 4.87. The Morgan fingerprint density at radius 3 is 2.82 bits per heavy atom. The number of carbonyl (C=O) groups is 1. The third-order valence-corrected chi connectivity index (χ3v) is 5.54. The first-order valence-corrected chi connectivity index (χ1v) is 7.91. The second-order valence-electron chi connectivity index (χ2n) is 5.86. The molecule has 1 aliphatic carbocycles. The van der Waals surface area contributed by atoms with Gasteiger partial charge in [0, 0.05) is 6.04 Å². The van der Waals surface area contributed by atoms with Gasteiger partial charge >= 0.3 is 0 Å². The molecule has 1 saturated carbocycles. The average Bonchev–Trinajstić information content (AvgIpc) is 3.16. The fourth-order valence-electron chi connectivity index (χ4n) is 3.96. The SMILES string of the molecule is N#CN=C1N(c2ccc(Cl)c(Cl)c2)C(=O)[C@@H]2C3CCC(C3)N12. The van der Waals surface area contributed by atoms with Crippen molar-refractivity contribution in [3.05, 3.63) is 28.2 Å². The molecule has 3 aliphatic rings. The minimum Gasteiger partial charge on any atom is -0.326 e. The molecule has 0 N–H and O–H groups in total. The molecule has 4 rings (SSSR count). The van der Waals surface area contributed by atoms with E-state index < -0.39 is 0 Å². The van der Waals surface area contributed by atoms with Crippen LogP contribution < -0.4 is 4.90 Å². The van der Waals surface area contributed by atoms with Crippen molar-refractivity contribution >= 4 is 40.8 Å². The Hall–Kier alpha value is -1.77. The summed E-state index contributed by atoms with van der Waals surface area (Å²) in [6, 6.07) is 5.12. The number of hydrogen-bond donors (Lipinski definition) is 0. The van der Waals surface area contributed by atoms with E-state index in [0.29, 0.717) is 33.7 Å². The second-order valence-corrected chi connectivity index (χ2v) is 6.68. The standard InChI is InChI=1S/C15H12Cl2N4O/c16-11-4-3-10(6-12(11)17)21-14(22)13-8-1-2-9(5-8)20(13)15(21)19-7-18/h3-4,6,8-9,13H,1-2,5H2/t8?,9?,13-/m0/s1. The highest BCUT2D eigenvalue weighted by Crippen LogP contribution is 2.47. The number of fused-ring (bicyclic) bond motifs is 5. The van der Waals surface area contributed by atoms with Gasteiger partial charge in [-0.05, 0) is 43.4 Å². The van der Waals surface area contributed by atoms with Gasteiger partial charge in [0.25, 0.3) is 5.91 Å². The van der Waals surface area contributed by atoms with Crippen molar-refractivity contribution in [2.24, 2.45) is 10.9 Å². The predicted octanol–water partition coefficient (Wildman–Crippen LogP) is 3.03. The number of benzene rings is 1. The maximum Gasteiger partial charge on any atom is 0.257 e. The van der Waals surface area contributed by atoms with E-state index in [9.17, 15) is 4.79 Å². The van der Waals surface area contributed by atoms with Crippen LogP contribution in [0.25, 0.3) is 0 Å². The van der Waals surface area contributed by atoms with E-state index in [0.717, 1.165) is 19.3 Å². The Morgan fingerprint density at radius 2 is 2.09 bits per heavy atom.